The Labute approximate surface area is 183 Å². The van der Waals surface area contributed by atoms with Crippen LogP contribution in [0.3, 0.4) is 0 Å². The van der Waals surface area contributed by atoms with Gasteiger partial charge in [0.1, 0.15) is 18.1 Å². The Hall–Kier alpha value is -2.56. The number of hydrogen-bond acceptors (Lipinski definition) is 4. The number of rotatable bonds is 8. The molecule has 0 radical (unpaired) electrons. The number of piperidine rings is 1. The molecule has 5 heteroatoms. The third kappa shape index (κ3) is 5.97. The van der Waals surface area contributed by atoms with E-state index in [9.17, 15) is 9.90 Å². The molecule has 0 atom stereocenters. The van der Waals surface area contributed by atoms with Gasteiger partial charge in [-0.2, -0.15) is 0 Å². The number of allylic oxidation sites excluding steroid dienone is 1. The molecule has 0 unspecified atom stereocenters. The van der Waals surface area contributed by atoms with Crippen molar-refractivity contribution >= 4 is 23.5 Å². The van der Waals surface area contributed by atoms with Gasteiger partial charge in [0.2, 0.25) is 0 Å². The summed E-state index contributed by atoms with van der Waals surface area (Å²) in [4.78, 5) is 15.1. The predicted octanol–water partition coefficient (Wildman–Crippen LogP) is 5.74. The number of hydrogen-bond donors (Lipinski definition) is 1. The fraction of sp³-hybridized carbons (Fsp3) is 0.320. The lowest BCUT2D eigenvalue weighted by Gasteiger charge is -2.30. The SMILES string of the molecule is C=CCOc1cc(O)c(C(=O)/C=C/c2ccc(Cl)cc2)cc1CN1CCC(C)CC1. The first-order chi connectivity index (χ1) is 14.5. The number of ether oxygens (including phenoxy) is 1. The highest BCUT2D eigenvalue weighted by Crippen LogP contribution is 2.31. The predicted molar refractivity (Wildman–Crippen MR) is 122 cm³/mol. The van der Waals surface area contributed by atoms with E-state index in [1.807, 2.05) is 12.1 Å². The molecule has 0 aromatic heterocycles. The van der Waals surface area contributed by atoms with Crippen LogP contribution in [0.2, 0.25) is 5.02 Å². The number of phenols is 1. The zero-order valence-electron chi connectivity index (χ0n) is 17.3. The van der Waals surface area contributed by atoms with Gasteiger partial charge in [-0.3, -0.25) is 9.69 Å². The zero-order chi connectivity index (χ0) is 21.5. The lowest BCUT2D eigenvalue weighted by Crippen LogP contribution is -2.32. The molecule has 1 fully saturated rings. The molecule has 4 nitrogen and oxygen atoms in total. The molecule has 1 saturated heterocycles. The molecule has 1 aliphatic rings. The lowest BCUT2D eigenvalue weighted by atomic mass is 9.98. The van der Waals surface area contributed by atoms with E-state index in [1.54, 1.807) is 30.4 Å². The smallest absolute Gasteiger partial charge is 0.189 e. The Balaban J connectivity index is 1.83. The number of phenolic OH excluding ortho intramolecular Hbond substituents is 1. The molecular weight excluding hydrogens is 398 g/mol. The van der Waals surface area contributed by atoms with Crippen molar-refractivity contribution in [3.8, 4) is 11.5 Å². The van der Waals surface area contributed by atoms with Gasteiger partial charge in [-0.1, -0.05) is 49.4 Å². The van der Waals surface area contributed by atoms with Crippen LogP contribution >= 0.6 is 11.6 Å². The van der Waals surface area contributed by atoms with Crippen LogP contribution < -0.4 is 4.74 Å². The summed E-state index contributed by atoms with van der Waals surface area (Å²) in [5.41, 5.74) is 2.03. The average molecular weight is 426 g/mol. The summed E-state index contributed by atoms with van der Waals surface area (Å²) in [5.74, 6) is 0.985. The quantitative estimate of drug-likeness (QED) is 0.333. The second kappa shape index (κ2) is 10.5. The van der Waals surface area contributed by atoms with E-state index < -0.39 is 0 Å². The van der Waals surface area contributed by atoms with Crippen LogP contribution in [0.1, 0.15) is 41.3 Å². The number of ketones is 1. The Bertz CT molecular complexity index is 913. The van der Waals surface area contributed by atoms with E-state index in [4.69, 9.17) is 16.3 Å². The van der Waals surface area contributed by atoms with Crippen LogP contribution in [0.15, 0.2) is 55.1 Å². The second-order valence-corrected chi connectivity index (χ2v) is 8.22. The molecule has 0 spiro atoms. The Morgan fingerprint density at radius 2 is 1.97 bits per heavy atom. The number of carbonyl (C=O) groups excluding carboxylic acids is 1. The average Bonchev–Trinajstić information content (AvgIpc) is 2.74. The Morgan fingerprint density at radius 1 is 1.27 bits per heavy atom. The van der Waals surface area contributed by atoms with Crippen molar-refractivity contribution in [3.05, 3.63) is 76.8 Å². The van der Waals surface area contributed by atoms with Crippen molar-refractivity contribution in [1.29, 1.82) is 0 Å². The minimum absolute atomic E-state index is 0.0872. The molecule has 2 aromatic rings. The molecule has 2 aromatic carbocycles. The summed E-state index contributed by atoms with van der Waals surface area (Å²) in [7, 11) is 0. The monoisotopic (exact) mass is 425 g/mol. The number of aromatic hydroxyl groups is 1. The molecule has 1 heterocycles. The van der Waals surface area contributed by atoms with Crippen LogP contribution in [0, 0.1) is 5.92 Å². The van der Waals surface area contributed by atoms with E-state index in [-0.39, 0.29) is 17.1 Å². The van der Waals surface area contributed by atoms with Crippen molar-refractivity contribution in [2.45, 2.75) is 26.3 Å². The van der Waals surface area contributed by atoms with Gasteiger partial charge in [0.25, 0.3) is 0 Å². The van der Waals surface area contributed by atoms with Gasteiger partial charge < -0.3 is 9.84 Å². The third-order valence-electron chi connectivity index (χ3n) is 5.37. The van der Waals surface area contributed by atoms with Crippen LogP contribution in [0.25, 0.3) is 6.08 Å². The minimum Gasteiger partial charge on any atom is -0.507 e. The molecule has 158 valence electrons. The van der Waals surface area contributed by atoms with Crippen molar-refractivity contribution in [2.75, 3.05) is 19.7 Å². The van der Waals surface area contributed by atoms with Gasteiger partial charge in [0.15, 0.2) is 5.78 Å². The number of benzene rings is 2. The highest BCUT2D eigenvalue weighted by Gasteiger charge is 2.20. The lowest BCUT2D eigenvalue weighted by molar-refractivity contribution is 0.104. The van der Waals surface area contributed by atoms with E-state index in [0.29, 0.717) is 23.9 Å². The van der Waals surface area contributed by atoms with Gasteiger partial charge in [0.05, 0.1) is 5.56 Å². The van der Waals surface area contributed by atoms with Gasteiger partial charge in [-0.05, 0) is 61.7 Å². The Morgan fingerprint density at radius 3 is 2.63 bits per heavy atom. The summed E-state index contributed by atoms with van der Waals surface area (Å²) in [6, 6.07) is 10.5. The summed E-state index contributed by atoms with van der Waals surface area (Å²) in [6.45, 7) is 9.02. The van der Waals surface area contributed by atoms with Gasteiger partial charge >= 0.3 is 0 Å². The molecular formula is C25H28ClNO3. The first-order valence-corrected chi connectivity index (χ1v) is 10.6. The number of nitrogens with zero attached hydrogens (tertiary/aromatic N) is 1. The van der Waals surface area contributed by atoms with Crippen LogP contribution in [-0.2, 0) is 6.54 Å². The summed E-state index contributed by atoms with van der Waals surface area (Å²) in [6.07, 6.45) is 7.17. The van der Waals surface area contributed by atoms with Crippen LogP contribution in [-0.4, -0.2) is 35.5 Å². The largest absolute Gasteiger partial charge is 0.507 e. The molecule has 0 saturated carbocycles. The molecule has 0 bridgehead atoms. The molecule has 0 amide bonds. The van der Waals surface area contributed by atoms with E-state index in [2.05, 4.69) is 18.4 Å². The normalized spacial score (nSPS) is 15.4. The van der Waals surface area contributed by atoms with E-state index in [0.717, 1.165) is 43.0 Å². The fourth-order valence-electron chi connectivity index (χ4n) is 3.51. The molecule has 1 aliphatic heterocycles. The highest BCUT2D eigenvalue weighted by molar-refractivity contribution is 6.30. The molecule has 0 aliphatic carbocycles. The maximum absolute atomic E-state index is 12.8. The Kier molecular flexibility index (Phi) is 7.72. The van der Waals surface area contributed by atoms with E-state index in [1.165, 1.54) is 12.1 Å². The maximum atomic E-state index is 12.8. The second-order valence-electron chi connectivity index (χ2n) is 7.78. The summed E-state index contributed by atoms with van der Waals surface area (Å²) >= 11 is 5.90. The van der Waals surface area contributed by atoms with Crippen molar-refractivity contribution in [1.82, 2.24) is 4.90 Å². The number of likely N-dealkylation sites (tertiary alicyclic amines) is 1. The van der Waals surface area contributed by atoms with Crippen molar-refractivity contribution < 1.29 is 14.6 Å². The molecule has 3 rings (SSSR count). The highest BCUT2D eigenvalue weighted by atomic mass is 35.5. The standard InChI is InChI=1S/C25H28ClNO3/c1-3-14-30-25-16-24(29)22(15-20(25)17-27-12-10-18(2)11-13-27)23(28)9-6-19-4-7-21(26)8-5-19/h3-9,15-16,18,29H,1,10-14,17H2,2H3/b9-6+. The first-order valence-electron chi connectivity index (χ1n) is 10.3. The summed E-state index contributed by atoms with van der Waals surface area (Å²) in [5, 5.41) is 11.1. The minimum atomic E-state index is -0.258. The van der Waals surface area contributed by atoms with Crippen LogP contribution in [0.5, 0.6) is 11.5 Å². The summed E-state index contributed by atoms with van der Waals surface area (Å²) < 4.78 is 5.76. The number of carbonyl (C=O) groups is 1. The zero-order valence-corrected chi connectivity index (χ0v) is 18.1. The topological polar surface area (TPSA) is 49.8 Å². The first kappa shape index (κ1) is 22.1. The van der Waals surface area contributed by atoms with Crippen molar-refractivity contribution in [3.63, 3.8) is 0 Å². The van der Waals surface area contributed by atoms with Gasteiger partial charge in [-0.15, -0.1) is 0 Å². The van der Waals surface area contributed by atoms with Crippen molar-refractivity contribution in [2.24, 2.45) is 5.92 Å². The molecule has 1 N–H and O–H groups in total. The number of halogens is 1. The van der Waals surface area contributed by atoms with E-state index >= 15 is 0 Å². The fourth-order valence-corrected chi connectivity index (χ4v) is 3.64. The van der Waals surface area contributed by atoms with Crippen LogP contribution in [0.4, 0.5) is 0 Å². The maximum Gasteiger partial charge on any atom is 0.189 e. The third-order valence-corrected chi connectivity index (χ3v) is 5.62. The molecule has 30 heavy (non-hydrogen) atoms. The van der Waals surface area contributed by atoms with Gasteiger partial charge in [-0.25, -0.2) is 0 Å². The van der Waals surface area contributed by atoms with Gasteiger partial charge in [0, 0.05) is 23.2 Å².